The van der Waals surface area contributed by atoms with E-state index < -0.39 is 10.7 Å². The zero-order chi connectivity index (χ0) is 14.6. The number of ether oxygens (including phenoxy) is 1. The molecule has 0 heterocycles. The highest BCUT2D eigenvalue weighted by atomic mass is 19.1. The predicted molar refractivity (Wildman–Crippen MR) is 72.9 cm³/mol. The molecule has 0 radical (unpaired) electrons. The molecule has 1 fully saturated rings. The number of hydrogen-bond acceptors (Lipinski definition) is 4. The highest BCUT2D eigenvalue weighted by molar-refractivity contribution is 5.35. The second-order valence-corrected chi connectivity index (χ2v) is 5.42. The van der Waals surface area contributed by atoms with Crippen molar-refractivity contribution in [2.45, 2.75) is 25.8 Å². The van der Waals surface area contributed by atoms with E-state index >= 15 is 0 Å². The summed E-state index contributed by atoms with van der Waals surface area (Å²) >= 11 is 0. The predicted octanol–water partition coefficient (Wildman–Crippen LogP) is 2.64. The molecule has 1 aliphatic carbocycles. The van der Waals surface area contributed by atoms with Gasteiger partial charge < -0.3 is 10.1 Å². The molecule has 0 amide bonds. The topological polar surface area (TPSA) is 64.4 Å². The summed E-state index contributed by atoms with van der Waals surface area (Å²) in [6, 6.07) is 3.67. The normalized spacial score (nSPS) is 16.1. The molecule has 20 heavy (non-hydrogen) atoms. The Morgan fingerprint density at radius 3 is 2.80 bits per heavy atom. The lowest BCUT2D eigenvalue weighted by Gasteiger charge is -2.15. The fourth-order valence-electron chi connectivity index (χ4n) is 2.32. The van der Waals surface area contributed by atoms with Gasteiger partial charge in [0.2, 0.25) is 0 Å². The zero-order valence-corrected chi connectivity index (χ0v) is 11.5. The van der Waals surface area contributed by atoms with Crippen LogP contribution in [0, 0.1) is 21.3 Å². The Bertz CT molecular complexity index is 489. The summed E-state index contributed by atoms with van der Waals surface area (Å²) in [5, 5.41) is 13.9. The lowest BCUT2D eigenvalue weighted by atomic mass is 10.0. The van der Waals surface area contributed by atoms with Crippen molar-refractivity contribution in [2.75, 3.05) is 20.3 Å². The minimum atomic E-state index is -0.576. The maximum absolute atomic E-state index is 13.3. The molecule has 0 spiro atoms. The largest absolute Gasteiger partial charge is 0.385 e. The smallest absolute Gasteiger partial charge is 0.272 e. The van der Waals surface area contributed by atoms with Crippen molar-refractivity contribution in [3.63, 3.8) is 0 Å². The molecule has 0 aromatic heterocycles. The summed E-state index contributed by atoms with van der Waals surface area (Å²) in [6.07, 6.45) is 3.36. The number of hydrogen-bond donors (Lipinski definition) is 1. The summed E-state index contributed by atoms with van der Waals surface area (Å²) in [5.41, 5.74) is 0.691. The number of nitro benzene ring substituents is 1. The first-order chi connectivity index (χ1) is 9.54. The Labute approximate surface area is 117 Å². The molecule has 110 valence electrons. The average Bonchev–Trinajstić information content (AvgIpc) is 3.16. The number of methoxy groups -OCH3 is 1. The van der Waals surface area contributed by atoms with Gasteiger partial charge in [-0.1, -0.05) is 0 Å². The summed E-state index contributed by atoms with van der Waals surface area (Å²) in [5.74, 6) is -0.573. The number of non-ortho nitro benzene ring substituents is 1. The van der Waals surface area contributed by atoms with E-state index in [0.29, 0.717) is 17.5 Å². The van der Waals surface area contributed by atoms with Gasteiger partial charge in [-0.3, -0.25) is 10.1 Å². The molecule has 0 unspecified atom stereocenters. The van der Waals surface area contributed by atoms with E-state index in [1.807, 2.05) is 0 Å². The third kappa shape index (κ3) is 3.98. The van der Waals surface area contributed by atoms with E-state index in [1.165, 1.54) is 25.0 Å². The first kappa shape index (κ1) is 14.9. The molecule has 1 aromatic rings. The number of nitrogens with zero attached hydrogens (tertiary/aromatic N) is 1. The lowest BCUT2D eigenvalue weighted by molar-refractivity contribution is -0.385. The van der Waals surface area contributed by atoms with E-state index in [1.54, 1.807) is 7.11 Å². The van der Waals surface area contributed by atoms with E-state index in [0.717, 1.165) is 25.6 Å². The minimum absolute atomic E-state index is 0.206. The van der Waals surface area contributed by atoms with Crippen LogP contribution >= 0.6 is 0 Å². The Balaban J connectivity index is 1.86. The quantitative estimate of drug-likeness (QED) is 0.588. The first-order valence-electron chi connectivity index (χ1n) is 6.68. The van der Waals surface area contributed by atoms with Crippen LogP contribution in [0.3, 0.4) is 0 Å². The number of benzene rings is 1. The lowest BCUT2D eigenvalue weighted by Crippen LogP contribution is -2.24. The molecule has 6 heteroatoms. The van der Waals surface area contributed by atoms with Crippen molar-refractivity contribution < 1.29 is 14.1 Å². The first-order valence-corrected chi connectivity index (χ1v) is 6.68. The van der Waals surface area contributed by atoms with E-state index in [9.17, 15) is 14.5 Å². The molecular formula is C14H19FN2O3. The molecule has 0 saturated heterocycles. The summed E-state index contributed by atoms with van der Waals surface area (Å²) in [7, 11) is 1.69. The number of nitro groups is 1. The number of rotatable bonds is 8. The van der Waals surface area contributed by atoms with Crippen molar-refractivity contribution in [3.05, 3.63) is 39.7 Å². The molecule has 2 rings (SSSR count). The van der Waals surface area contributed by atoms with Gasteiger partial charge >= 0.3 is 0 Å². The van der Waals surface area contributed by atoms with Crippen LogP contribution in [0.4, 0.5) is 10.1 Å². The van der Waals surface area contributed by atoms with Crippen molar-refractivity contribution in [1.29, 1.82) is 0 Å². The zero-order valence-electron chi connectivity index (χ0n) is 11.5. The third-order valence-electron chi connectivity index (χ3n) is 3.78. The van der Waals surface area contributed by atoms with E-state index in [2.05, 4.69) is 5.32 Å². The third-order valence-corrected chi connectivity index (χ3v) is 3.78. The Hall–Kier alpha value is -1.53. The fraction of sp³-hybridized carbons (Fsp3) is 0.571. The SMILES string of the molecule is COCCC1(CNCc2cc(F)cc([N+](=O)[O-])c2)CC1. The van der Waals surface area contributed by atoms with Crippen LogP contribution in [-0.4, -0.2) is 25.2 Å². The molecule has 1 saturated carbocycles. The van der Waals surface area contributed by atoms with E-state index in [-0.39, 0.29) is 5.69 Å². The van der Waals surface area contributed by atoms with Crippen LogP contribution in [0.5, 0.6) is 0 Å². The van der Waals surface area contributed by atoms with E-state index in [4.69, 9.17) is 4.74 Å². The van der Waals surface area contributed by atoms with Crippen LogP contribution in [0.15, 0.2) is 18.2 Å². The van der Waals surface area contributed by atoms with Gasteiger partial charge in [0, 0.05) is 32.9 Å². The highest BCUT2D eigenvalue weighted by Crippen LogP contribution is 2.48. The molecule has 0 aliphatic heterocycles. The van der Waals surface area contributed by atoms with Crippen LogP contribution < -0.4 is 5.32 Å². The summed E-state index contributed by atoms with van der Waals surface area (Å²) in [4.78, 5) is 10.1. The molecule has 1 aromatic carbocycles. The van der Waals surface area contributed by atoms with Crippen LogP contribution in [0.1, 0.15) is 24.8 Å². The van der Waals surface area contributed by atoms with Crippen molar-refractivity contribution >= 4 is 5.69 Å². The van der Waals surface area contributed by atoms with Gasteiger partial charge in [-0.05, 0) is 36.3 Å². The van der Waals surface area contributed by atoms with Crippen molar-refractivity contribution in [3.8, 4) is 0 Å². The highest BCUT2D eigenvalue weighted by Gasteiger charge is 2.41. The second kappa shape index (κ2) is 6.28. The molecule has 1 aliphatic rings. The minimum Gasteiger partial charge on any atom is -0.385 e. The van der Waals surface area contributed by atoms with Gasteiger partial charge in [-0.15, -0.1) is 0 Å². The van der Waals surface area contributed by atoms with Gasteiger partial charge in [-0.2, -0.15) is 0 Å². The molecule has 0 bridgehead atoms. The molecule has 5 nitrogen and oxygen atoms in total. The van der Waals surface area contributed by atoms with Crippen molar-refractivity contribution in [2.24, 2.45) is 5.41 Å². The molecule has 1 N–H and O–H groups in total. The maximum Gasteiger partial charge on any atom is 0.272 e. The van der Waals surface area contributed by atoms with Crippen LogP contribution in [0.2, 0.25) is 0 Å². The molecule has 0 atom stereocenters. The van der Waals surface area contributed by atoms with Gasteiger partial charge in [0.25, 0.3) is 5.69 Å². The average molecular weight is 282 g/mol. The molecular weight excluding hydrogens is 263 g/mol. The van der Waals surface area contributed by atoms with Gasteiger partial charge in [0.15, 0.2) is 0 Å². The Morgan fingerprint density at radius 1 is 1.45 bits per heavy atom. The van der Waals surface area contributed by atoms with Gasteiger partial charge in [0.1, 0.15) is 5.82 Å². The standard InChI is InChI=1S/C14H19FN2O3/c1-20-5-4-14(2-3-14)10-16-9-11-6-12(15)8-13(7-11)17(18)19/h6-8,16H,2-5,9-10H2,1H3. The second-order valence-electron chi connectivity index (χ2n) is 5.42. The fourth-order valence-corrected chi connectivity index (χ4v) is 2.32. The monoisotopic (exact) mass is 282 g/mol. The number of nitrogens with one attached hydrogen (secondary N) is 1. The van der Waals surface area contributed by atoms with Crippen molar-refractivity contribution in [1.82, 2.24) is 5.32 Å². The number of halogens is 1. The Kier molecular flexibility index (Phi) is 4.67. The summed E-state index contributed by atoms with van der Waals surface area (Å²) < 4.78 is 18.4. The summed E-state index contributed by atoms with van der Waals surface area (Å²) in [6.45, 7) is 2.02. The maximum atomic E-state index is 13.3. The van der Waals surface area contributed by atoms with Gasteiger partial charge in [0.05, 0.1) is 11.0 Å². The Morgan fingerprint density at radius 2 is 2.20 bits per heavy atom. The van der Waals surface area contributed by atoms with Crippen LogP contribution in [-0.2, 0) is 11.3 Å². The van der Waals surface area contributed by atoms with Gasteiger partial charge in [-0.25, -0.2) is 4.39 Å². The van der Waals surface area contributed by atoms with Crippen LogP contribution in [0.25, 0.3) is 0 Å².